The minimum absolute atomic E-state index is 0.765. The molecule has 0 atom stereocenters. The van der Waals surface area contributed by atoms with E-state index in [1.54, 1.807) is 11.3 Å². The predicted octanol–water partition coefficient (Wildman–Crippen LogP) is 3.86. The Morgan fingerprint density at radius 1 is 1.06 bits per heavy atom. The van der Waals surface area contributed by atoms with Crippen LogP contribution < -0.4 is 10.7 Å². The first-order valence-electron chi connectivity index (χ1n) is 6.69. The molecule has 0 saturated heterocycles. The standard InChI is InChI=1S/C15H18N2S/c16-15-17-14(10-18-15)13-8-6-12(7-9-13)11-4-2-1-3-5-11/h6-11H,1-5H2,(H2,16,17)/p+1. The zero-order valence-corrected chi connectivity index (χ0v) is 11.3. The van der Waals surface area contributed by atoms with Crippen LogP contribution in [0.5, 0.6) is 0 Å². The molecule has 1 aliphatic rings. The molecule has 1 heterocycles. The Morgan fingerprint density at radius 3 is 2.39 bits per heavy atom. The van der Waals surface area contributed by atoms with E-state index in [1.165, 1.54) is 43.2 Å². The van der Waals surface area contributed by atoms with Crippen molar-refractivity contribution in [2.45, 2.75) is 38.0 Å². The van der Waals surface area contributed by atoms with Gasteiger partial charge < -0.3 is 0 Å². The third kappa shape index (κ3) is 2.41. The number of hydrogen-bond donors (Lipinski definition) is 1. The number of nitrogens with one attached hydrogen (secondary N) is 1. The number of rotatable bonds is 2. The third-order valence-electron chi connectivity index (χ3n) is 3.86. The summed E-state index contributed by atoms with van der Waals surface area (Å²) in [4.78, 5) is 3.19. The predicted molar refractivity (Wildman–Crippen MR) is 76.5 cm³/mol. The maximum absolute atomic E-state index is 5.73. The second kappa shape index (κ2) is 5.11. The van der Waals surface area contributed by atoms with Crippen molar-refractivity contribution in [2.24, 2.45) is 0 Å². The van der Waals surface area contributed by atoms with E-state index in [-0.39, 0.29) is 0 Å². The quantitative estimate of drug-likeness (QED) is 0.874. The van der Waals surface area contributed by atoms with E-state index >= 15 is 0 Å². The molecule has 1 aliphatic carbocycles. The van der Waals surface area contributed by atoms with Crippen molar-refractivity contribution < 1.29 is 4.98 Å². The van der Waals surface area contributed by atoms with Crippen LogP contribution >= 0.6 is 11.3 Å². The van der Waals surface area contributed by atoms with E-state index in [0.717, 1.165) is 16.7 Å². The molecule has 1 aromatic heterocycles. The van der Waals surface area contributed by atoms with E-state index < -0.39 is 0 Å². The normalized spacial score (nSPS) is 16.9. The summed E-state index contributed by atoms with van der Waals surface area (Å²) in [7, 11) is 0. The molecular weight excluding hydrogens is 240 g/mol. The SMILES string of the molecule is Nc1[nH+]c(-c2ccc(C3CCCCC3)cc2)cs1. The van der Waals surface area contributed by atoms with Gasteiger partial charge in [0.1, 0.15) is 5.69 Å². The second-order valence-electron chi connectivity index (χ2n) is 5.10. The highest BCUT2D eigenvalue weighted by Crippen LogP contribution is 2.33. The molecule has 3 rings (SSSR count). The van der Waals surface area contributed by atoms with Crippen molar-refractivity contribution in [3.05, 3.63) is 35.2 Å². The molecule has 0 bridgehead atoms. The molecule has 0 aliphatic heterocycles. The van der Waals surface area contributed by atoms with Crippen molar-refractivity contribution in [3.63, 3.8) is 0 Å². The lowest BCUT2D eigenvalue weighted by Crippen LogP contribution is -2.07. The van der Waals surface area contributed by atoms with Gasteiger partial charge in [0.05, 0.1) is 0 Å². The smallest absolute Gasteiger partial charge is 0.278 e. The minimum Gasteiger partial charge on any atom is -0.278 e. The van der Waals surface area contributed by atoms with Crippen molar-refractivity contribution >= 4 is 16.5 Å². The number of aromatic nitrogens is 1. The number of nitrogen functional groups attached to an aromatic ring is 1. The van der Waals surface area contributed by atoms with Crippen molar-refractivity contribution in [1.29, 1.82) is 0 Å². The summed E-state index contributed by atoms with van der Waals surface area (Å²) in [6.45, 7) is 0. The lowest BCUT2D eigenvalue weighted by molar-refractivity contribution is -0.340. The van der Waals surface area contributed by atoms with Gasteiger partial charge >= 0.3 is 5.13 Å². The van der Waals surface area contributed by atoms with Crippen LogP contribution in [-0.4, -0.2) is 0 Å². The van der Waals surface area contributed by atoms with Gasteiger partial charge in [0, 0.05) is 10.9 Å². The summed E-state index contributed by atoms with van der Waals surface area (Å²) in [6.07, 6.45) is 6.91. The monoisotopic (exact) mass is 259 g/mol. The first kappa shape index (κ1) is 11.7. The number of thiazole rings is 1. The van der Waals surface area contributed by atoms with Crippen LogP contribution in [0.3, 0.4) is 0 Å². The van der Waals surface area contributed by atoms with Crippen LogP contribution in [0.15, 0.2) is 29.6 Å². The van der Waals surface area contributed by atoms with Crippen LogP contribution in [0.2, 0.25) is 0 Å². The molecule has 0 amide bonds. The van der Waals surface area contributed by atoms with Crippen molar-refractivity contribution in [3.8, 4) is 11.3 Å². The van der Waals surface area contributed by atoms with Gasteiger partial charge in [-0.05, 0) is 24.3 Å². The van der Waals surface area contributed by atoms with E-state index in [9.17, 15) is 0 Å². The van der Waals surface area contributed by atoms with Gasteiger partial charge in [-0.3, -0.25) is 5.73 Å². The molecule has 1 aromatic carbocycles. The largest absolute Gasteiger partial charge is 0.329 e. The second-order valence-corrected chi connectivity index (χ2v) is 6.01. The molecule has 2 nitrogen and oxygen atoms in total. The number of nitrogens with two attached hydrogens (primary N) is 1. The average Bonchev–Trinajstić information content (AvgIpc) is 2.87. The van der Waals surface area contributed by atoms with Crippen LogP contribution in [-0.2, 0) is 0 Å². The van der Waals surface area contributed by atoms with Gasteiger partial charge in [0.15, 0.2) is 0 Å². The lowest BCUT2D eigenvalue weighted by Gasteiger charge is -2.21. The van der Waals surface area contributed by atoms with Gasteiger partial charge in [0.25, 0.3) is 0 Å². The van der Waals surface area contributed by atoms with Crippen molar-refractivity contribution in [2.75, 3.05) is 5.73 Å². The number of hydrogen-bond acceptors (Lipinski definition) is 2. The Hall–Kier alpha value is -1.35. The fraction of sp³-hybridized carbons (Fsp3) is 0.400. The Morgan fingerprint density at radius 2 is 1.78 bits per heavy atom. The van der Waals surface area contributed by atoms with Crippen LogP contribution in [0, 0.1) is 0 Å². The Bertz CT molecular complexity index is 510. The number of aromatic amines is 1. The number of anilines is 1. The first-order chi connectivity index (χ1) is 8.83. The summed E-state index contributed by atoms with van der Waals surface area (Å²) in [5.41, 5.74) is 9.57. The molecule has 94 valence electrons. The molecular formula is C15H19N2S+. The molecule has 1 saturated carbocycles. The molecule has 0 radical (unpaired) electrons. The van der Waals surface area contributed by atoms with Gasteiger partial charge in [-0.15, -0.1) is 0 Å². The molecule has 1 fully saturated rings. The Labute approximate surface area is 112 Å². The Kier molecular flexibility index (Phi) is 3.33. The zero-order valence-electron chi connectivity index (χ0n) is 10.5. The third-order valence-corrected chi connectivity index (χ3v) is 4.57. The summed E-state index contributed by atoms with van der Waals surface area (Å²) < 4.78 is 0. The highest BCUT2D eigenvalue weighted by molar-refractivity contribution is 7.13. The summed E-state index contributed by atoms with van der Waals surface area (Å²) >= 11 is 1.55. The van der Waals surface area contributed by atoms with Gasteiger partial charge in [-0.25, -0.2) is 4.98 Å². The van der Waals surface area contributed by atoms with E-state index in [2.05, 4.69) is 34.6 Å². The van der Waals surface area contributed by atoms with Crippen molar-refractivity contribution in [1.82, 2.24) is 0 Å². The van der Waals surface area contributed by atoms with E-state index in [0.29, 0.717) is 0 Å². The highest BCUT2D eigenvalue weighted by atomic mass is 32.1. The van der Waals surface area contributed by atoms with Crippen LogP contribution in [0.4, 0.5) is 5.13 Å². The van der Waals surface area contributed by atoms with E-state index in [1.807, 2.05) is 0 Å². The first-order valence-corrected chi connectivity index (χ1v) is 7.57. The summed E-state index contributed by atoms with van der Waals surface area (Å²) in [5, 5.41) is 2.84. The summed E-state index contributed by atoms with van der Waals surface area (Å²) in [5.74, 6) is 0.782. The maximum Gasteiger partial charge on any atom is 0.329 e. The van der Waals surface area contributed by atoms with Gasteiger partial charge in [0.2, 0.25) is 0 Å². The maximum atomic E-state index is 5.73. The number of H-pyrrole nitrogens is 1. The van der Waals surface area contributed by atoms with Crippen LogP contribution in [0.25, 0.3) is 11.3 Å². The highest BCUT2D eigenvalue weighted by Gasteiger charge is 2.15. The fourth-order valence-electron chi connectivity index (χ4n) is 2.83. The molecule has 18 heavy (non-hydrogen) atoms. The summed E-state index contributed by atoms with van der Waals surface area (Å²) in [6, 6.07) is 8.99. The topological polar surface area (TPSA) is 40.2 Å². The van der Waals surface area contributed by atoms with Gasteiger partial charge in [-0.1, -0.05) is 54.9 Å². The Balaban J connectivity index is 1.80. The number of benzene rings is 1. The lowest BCUT2D eigenvalue weighted by atomic mass is 9.84. The molecule has 0 spiro atoms. The van der Waals surface area contributed by atoms with Crippen LogP contribution in [0.1, 0.15) is 43.6 Å². The molecule has 0 unspecified atom stereocenters. The molecule has 2 aromatic rings. The molecule has 3 N–H and O–H groups in total. The average molecular weight is 259 g/mol. The minimum atomic E-state index is 0.765. The van der Waals surface area contributed by atoms with Gasteiger partial charge in [-0.2, -0.15) is 0 Å². The van der Waals surface area contributed by atoms with E-state index in [4.69, 9.17) is 5.73 Å². The zero-order chi connectivity index (χ0) is 12.4. The fourth-order valence-corrected chi connectivity index (χ4v) is 3.43. The molecule has 3 heteroatoms.